The van der Waals surface area contributed by atoms with Crippen LogP contribution in [0.3, 0.4) is 0 Å². The number of rotatable bonds is 2. The molecule has 1 atom stereocenters. The van der Waals surface area contributed by atoms with Crippen molar-refractivity contribution in [2.45, 2.75) is 19.9 Å². The zero-order valence-electron chi connectivity index (χ0n) is 9.63. The number of halogens is 2. The van der Waals surface area contributed by atoms with Crippen LogP contribution in [0.4, 0.5) is 0 Å². The predicted molar refractivity (Wildman–Crippen MR) is 73.4 cm³/mol. The van der Waals surface area contributed by atoms with Gasteiger partial charge in [-0.3, -0.25) is 0 Å². The fourth-order valence-electron chi connectivity index (χ4n) is 1.74. The maximum absolute atomic E-state index is 6.24. The van der Waals surface area contributed by atoms with Crippen LogP contribution in [-0.2, 0) is 0 Å². The molecule has 2 nitrogen and oxygen atoms in total. The summed E-state index contributed by atoms with van der Waals surface area (Å²) in [5.41, 5.74) is 10.4. The second-order valence-electron chi connectivity index (χ2n) is 4.09. The van der Waals surface area contributed by atoms with Crippen LogP contribution in [0.15, 0.2) is 33.5 Å². The maximum Gasteiger partial charge on any atom is 0.174 e. The Morgan fingerprint density at radius 2 is 1.88 bits per heavy atom. The zero-order valence-corrected chi connectivity index (χ0v) is 12.0. The molecule has 90 valence electrons. The van der Waals surface area contributed by atoms with E-state index < -0.39 is 0 Å². The van der Waals surface area contributed by atoms with Crippen molar-refractivity contribution in [3.05, 3.63) is 56.4 Å². The van der Waals surface area contributed by atoms with Crippen molar-refractivity contribution in [2.75, 3.05) is 0 Å². The van der Waals surface area contributed by atoms with E-state index in [2.05, 4.69) is 15.9 Å². The monoisotopic (exact) mass is 313 g/mol. The molecule has 1 unspecified atom stereocenters. The number of furan rings is 1. The van der Waals surface area contributed by atoms with Gasteiger partial charge in [-0.2, -0.15) is 0 Å². The molecule has 17 heavy (non-hydrogen) atoms. The van der Waals surface area contributed by atoms with Crippen LogP contribution < -0.4 is 5.73 Å². The molecule has 0 amide bonds. The van der Waals surface area contributed by atoms with Crippen LogP contribution >= 0.6 is 27.5 Å². The molecule has 0 spiro atoms. The van der Waals surface area contributed by atoms with E-state index in [1.807, 2.05) is 32.0 Å². The van der Waals surface area contributed by atoms with Crippen molar-refractivity contribution in [3.63, 3.8) is 0 Å². The van der Waals surface area contributed by atoms with Crippen molar-refractivity contribution in [1.29, 1.82) is 0 Å². The quantitative estimate of drug-likeness (QED) is 0.894. The minimum absolute atomic E-state index is 0.282. The summed E-state index contributed by atoms with van der Waals surface area (Å²) >= 11 is 9.57. The van der Waals surface area contributed by atoms with Crippen molar-refractivity contribution in [2.24, 2.45) is 5.73 Å². The summed E-state index contributed by atoms with van der Waals surface area (Å²) in [5, 5.41) is 0.689. The van der Waals surface area contributed by atoms with Crippen LogP contribution in [0.2, 0.25) is 5.02 Å². The maximum atomic E-state index is 6.24. The van der Waals surface area contributed by atoms with Gasteiger partial charge in [-0.05, 0) is 58.6 Å². The normalized spacial score (nSPS) is 12.8. The summed E-state index contributed by atoms with van der Waals surface area (Å²) in [6.07, 6.45) is 1.61. The lowest BCUT2D eigenvalue weighted by atomic mass is 9.98. The highest BCUT2D eigenvalue weighted by Crippen LogP contribution is 2.32. The zero-order chi connectivity index (χ0) is 12.6. The molecule has 2 rings (SSSR count). The molecule has 2 aromatic rings. The van der Waals surface area contributed by atoms with Gasteiger partial charge in [-0.25, -0.2) is 0 Å². The van der Waals surface area contributed by atoms with Gasteiger partial charge in [0, 0.05) is 10.6 Å². The third-order valence-electron chi connectivity index (χ3n) is 2.93. The predicted octanol–water partition coefficient (Wildman–Crippen LogP) is 4.36. The van der Waals surface area contributed by atoms with Crippen LogP contribution in [-0.4, -0.2) is 0 Å². The van der Waals surface area contributed by atoms with E-state index >= 15 is 0 Å². The van der Waals surface area contributed by atoms with E-state index in [-0.39, 0.29) is 6.04 Å². The summed E-state index contributed by atoms with van der Waals surface area (Å²) < 4.78 is 5.85. The summed E-state index contributed by atoms with van der Waals surface area (Å²) in [4.78, 5) is 0. The smallest absolute Gasteiger partial charge is 0.174 e. The summed E-state index contributed by atoms with van der Waals surface area (Å²) in [6, 6.07) is 5.54. The highest BCUT2D eigenvalue weighted by Gasteiger charge is 2.17. The number of nitrogens with two attached hydrogens (primary N) is 1. The van der Waals surface area contributed by atoms with Crippen LogP contribution in [0.1, 0.15) is 28.3 Å². The number of hydrogen-bond donors (Lipinski definition) is 1. The first-order chi connectivity index (χ1) is 8.00. The fraction of sp³-hybridized carbons (Fsp3) is 0.231. The second-order valence-corrected chi connectivity index (χ2v) is 5.21. The Labute approximate surface area is 114 Å². The topological polar surface area (TPSA) is 39.2 Å². The highest BCUT2D eigenvalue weighted by atomic mass is 79.9. The SMILES string of the molecule is Cc1cc(Cl)c(C(N)c2ccoc2Br)cc1C. The Balaban J connectivity index is 2.48. The van der Waals surface area contributed by atoms with Gasteiger partial charge in [0.15, 0.2) is 4.67 Å². The minimum atomic E-state index is -0.282. The summed E-state index contributed by atoms with van der Waals surface area (Å²) in [6.45, 7) is 4.08. The molecule has 0 fully saturated rings. The number of benzene rings is 1. The average molecular weight is 315 g/mol. The third-order valence-corrected chi connectivity index (χ3v) is 3.90. The van der Waals surface area contributed by atoms with Gasteiger partial charge in [0.25, 0.3) is 0 Å². The fourth-order valence-corrected chi connectivity index (χ4v) is 2.56. The molecule has 4 heteroatoms. The lowest BCUT2D eigenvalue weighted by Crippen LogP contribution is -2.12. The van der Waals surface area contributed by atoms with E-state index in [1.165, 1.54) is 5.56 Å². The molecule has 0 aliphatic heterocycles. The Bertz CT molecular complexity index is 550. The molecule has 1 aromatic carbocycles. The second kappa shape index (κ2) is 4.84. The van der Waals surface area contributed by atoms with Gasteiger partial charge in [-0.1, -0.05) is 17.7 Å². The molecule has 1 heterocycles. The molecule has 0 saturated carbocycles. The minimum Gasteiger partial charge on any atom is -0.457 e. The van der Waals surface area contributed by atoms with Gasteiger partial charge >= 0.3 is 0 Å². The van der Waals surface area contributed by atoms with E-state index in [9.17, 15) is 0 Å². The van der Waals surface area contributed by atoms with Crippen LogP contribution in [0.5, 0.6) is 0 Å². The third kappa shape index (κ3) is 2.41. The first-order valence-corrected chi connectivity index (χ1v) is 6.43. The van der Waals surface area contributed by atoms with Gasteiger partial charge in [0.2, 0.25) is 0 Å². The van der Waals surface area contributed by atoms with Crippen molar-refractivity contribution < 1.29 is 4.42 Å². The molecule has 0 aliphatic carbocycles. The van der Waals surface area contributed by atoms with E-state index in [0.29, 0.717) is 9.69 Å². The van der Waals surface area contributed by atoms with Crippen LogP contribution in [0.25, 0.3) is 0 Å². The lowest BCUT2D eigenvalue weighted by molar-refractivity contribution is 0.534. The molecule has 0 saturated heterocycles. The molecule has 0 aliphatic rings. The van der Waals surface area contributed by atoms with E-state index in [4.69, 9.17) is 21.8 Å². The van der Waals surface area contributed by atoms with Gasteiger partial charge in [0.05, 0.1) is 12.3 Å². The molecular weight excluding hydrogens is 302 g/mol. The number of hydrogen-bond acceptors (Lipinski definition) is 2. The molecule has 0 bridgehead atoms. The average Bonchev–Trinajstić information content (AvgIpc) is 2.69. The summed E-state index contributed by atoms with van der Waals surface area (Å²) in [7, 11) is 0. The van der Waals surface area contributed by atoms with Gasteiger partial charge in [0.1, 0.15) is 0 Å². The summed E-state index contributed by atoms with van der Waals surface area (Å²) in [5.74, 6) is 0. The standard InChI is InChI=1S/C13H13BrClNO/c1-7-5-10(11(15)6-8(7)2)12(16)9-3-4-17-13(9)14/h3-6,12H,16H2,1-2H3. The molecule has 0 radical (unpaired) electrons. The largest absolute Gasteiger partial charge is 0.457 e. The van der Waals surface area contributed by atoms with Gasteiger partial charge < -0.3 is 10.2 Å². The van der Waals surface area contributed by atoms with Crippen molar-refractivity contribution in [3.8, 4) is 0 Å². The van der Waals surface area contributed by atoms with Crippen molar-refractivity contribution >= 4 is 27.5 Å². The number of aryl methyl sites for hydroxylation is 2. The van der Waals surface area contributed by atoms with E-state index in [1.54, 1.807) is 6.26 Å². The Hall–Kier alpha value is -0.770. The molecular formula is C13H13BrClNO. The highest BCUT2D eigenvalue weighted by molar-refractivity contribution is 9.10. The first-order valence-electron chi connectivity index (χ1n) is 5.26. The van der Waals surface area contributed by atoms with E-state index in [0.717, 1.165) is 16.7 Å². The van der Waals surface area contributed by atoms with Crippen molar-refractivity contribution in [1.82, 2.24) is 0 Å². The Kier molecular flexibility index (Phi) is 3.61. The van der Waals surface area contributed by atoms with Crippen LogP contribution in [0, 0.1) is 13.8 Å². The Morgan fingerprint density at radius 1 is 1.24 bits per heavy atom. The molecule has 2 N–H and O–H groups in total. The molecule has 1 aromatic heterocycles. The van der Waals surface area contributed by atoms with Gasteiger partial charge in [-0.15, -0.1) is 0 Å². The lowest BCUT2D eigenvalue weighted by Gasteiger charge is -2.15. The Morgan fingerprint density at radius 3 is 2.47 bits per heavy atom. The first kappa shape index (κ1) is 12.7.